The Hall–Kier alpha value is -2.76. The standard InChI is InChI=1S/C27H32FN3O/c1-30(27(26-9-5-6-16-29-26)23-10-12-24(28)13-11-23)21-22-14-17-31(18-15-22)19-20-32-25-7-3-2-4-8-25/h2-13,16,22,27H,14-15,17-21H2,1H3/t27-/m0/s1. The van der Waals surface area contributed by atoms with Gasteiger partial charge in [0.05, 0.1) is 11.7 Å². The number of piperidine rings is 1. The van der Waals surface area contributed by atoms with Gasteiger partial charge in [-0.05, 0) is 80.9 Å². The first-order valence-corrected chi connectivity index (χ1v) is 11.5. The molecule has 0 unspecified atom stereocenters. The van der Waals surface area contributed by atoms with Crippen molar-refractivity contribution >= 4 is 0 Å². The Labute approximate surface area is 190 Å². The number of rotatable bonds is 9. The molecule has 32 heavy (non-hydrogen) atoms. The average Bonchev–Trinajstić information content (AvgIpc) is 2.83. The van der Waals surface area contributed by atoms with Gasteiger partial charge in [-0.25, -0.2) is 4.39 Å². The van der Waals surface area contributed by atoms with E-state index in [-0.39, 0.29) is 11.9 Å². The normalized spacial score (nSPS) is 16.2. The van der Waals surface area contributed by atoms with Gasteiger partial charge < -0.3 is 4.74 Å². The molecule has 1 fully saturated rings. The van der Waals surface area contributed by atoms with Crippen LogP contribution in [0.3, 0.4) is 0 Å². The highest BCUT2D eigenvalue weighted by Gasteiger charge is 2.26. The fourth-order valence-corrected chi connectivity index (χ4v) is 4.55. The Bertz CT molecular complexity index is 928. The molecule has 0 spiro atoms. The Morgan fingerprint density at radius 2 is 1.72 bits per heavy atom. The first kappa shape index (κ1) is 22.4. The van der Waals surface area contributed by atoms with Crippen LogP contribution in [0.2, 0.25) is 0 Å². The van der Waals surface area contributed by atoms with Crippen LogP contribution < -0.4 is 4.74 Å². The number of pyridine rings is 1. The minimum Gasteiger partial charge on any atom is -0.492 e. The molecule has 1 saturated heterocycles. The smallest absolute Gasteiger partial charge is 0.123 e. The molecule has 4 rings (SSSR count). The Balaban J connectivity index is 1.30. The largest absolute Gasteiger partial charge is 0.492 e. The summed E-state index contributed by atoms with van der Waals surface area (Å²) < 4.78 is 19.4. The van der Waals surface area contributed by atoms with Crippen LogP contribution in [0, 0.1) is 11.7 Å². The minimum absolute atomic E-state index is 0.0223. The number of benzene rings is 2. The van der Waals surface area contributed by atoms with Crippen molar-refractivity contribution < 1.29 is 9.13 Å². The molecule has 0 amide bonds. The van der Waals surface area contributed by atoms with E-state index >= 15 is 0 Å². The fourth-order valence-electron chi connectivity index (χ4n) is 4.55. The molecule has 168 valence electrons. The van der Waals surface area contributed by atoms with Gasteiger partial charge in [0.15, 0.2) is 0 Å². The molecule has 1 atom stereocenters. The molecule has 0 radical (unpaired) electrons. The molecule has 0 saturated carbocycles. The van der Waals surface area contributed by atoms with Crippen LogP contribution in [0.1, 0.15) is 30.1 Å². The number of halogens is 1. The average molecular weight is 434 g/mol. The van der Waals surface area contributed by atoms with Crippen molar-refractivity contribution in [2.24, 2.45) is 5.92 Å². The molecule has 2 aromatic carbocycles. The molecule has 2 heterocycles. The maximum absolute atomic E-state index is 13.5. The summed E-state index contributed by atoms with van der Waals surface area (Å²) in [4.78, 5) is 9.47. The Morgan fingerprint density at radius 1 is 1.00 bits per heavy atom. The fraction of sp³-hybridized carbons (Fsp3) is 0.370. The topological polar surface area (TPSA) is 28.6 Å². The third-order valence-corrected chi connectivity index (χ3v) is 6.27. The molecule has 0 N–H and O–H groups in total. The quantitative estimate of drug-likeness (QED) is 0.473. The van der Waals surface area contributed by atoms with Gasteiger partial charge in [0.1, 0.15) is 18.2 Å². The maximum atomic E-state index is 13.5. The van der Waals surface area contributed by atoms with Crippen molar-refractivity contribution in [3.05, 3.63) is 96.1 Å². The van der Waals surface area contributed by atoms with E-state index in [4.69, 9.17) is 4.74 Å². The second kappa shape index (κ2) is 11.2. The summed E-state index contributed by atoms with van der Waals surface area (Å²) in [6.07, 6.45) is 4.18. The minimum atomic E-state index is -0.209. The lowest BCUT2D eigenvalue weighted by Gasteiger charge is -2.36. The molecule has 0 bridgehead atoms. The monoisotopic (exact) mass is 433 g/mol. The maximum Gasteiger partial charge on any atom is 0.123 e. The van der Waals surface area contributed by atoms with Crippen molar-refractivity contribution in [3.8, 4) is 5.75 Å². The van der Waals surface area contributed by atoms with Crippen LogP contribution in [0.5, 0.6) is 5.75 Å². The van der Waals surface area contributed by atoms with Gasteiger partial charge in [-0.15, -0.1) is 0 Å². The zero-order valence-corrected chi connectivity index (χ0v) is 18.7. The van der Waals surface area contributed by atoms with Crippen molar-refractivity contribution in [1.82, 2.24) is 14.8 Å². The zero-order valence-electron chi connectivity index (χ0n) is 18.7. The number of hydrogen-bond acceptors (Lipinski definition) is 4. The van der Waals surface area contributed by atoms with E-state index in [1.165, 1.54) is 25.0 Å². The molecule has 0 aliphatic carbocycles. The predicted octanol–water partition coefficient (Wildman–Crippen LogP) is 5.03. The van der Waals surface area contributed by atoms with Crippen LogP contribution in [0.15, 0.2) is 79.0 Å². The molecule has 1 aliphatic heterocycles. The Kier molecular flexibility index (Phi) is 7.86. The number of aromatic nitrogens is 1. The molecule has 3 aromatic rings. The molecular weight excluding hydrogens is 401 g/mol. The second-order valence-corrected chi connectivity index (χ2v) is 8.59. The zero-order chi connectivity index (χ0) is 22.2. The molecule has 4 nitrogen and oxygen atoms in total. The first-order chi connectivity index (χ1) is 15.7. The van der Waals surface area contributed by atoms with E-state index in [2.05, 4.69) is 27.9 Å². The van der Waals surface area contributed by atoms with Crippen LogP contribution >= 0.6 is 0 Å². The molecule has 5 heteroatoms. The predicted molar refractivity (Wildman–Crippen MR) is 126 cm³/mol. The van der Waals surface area contributed by atoms with Crippen LogP contribution in [-0.2, 0) is 0 Å². The van der Waals surface area contributed by atoms with Gasteiger partial charge in [-0.3, -0.25) is 14.8 Å². The van der Waals surface area contributed by atoms with Gasteiger partial charge in [-0.1, -0.05) is 36.4 Å². The molecular formula is C27H32FN3O. The van der Waals surface area contributed by atoms with E-state index < -0.39 is 0 Å². The molecule has 1 aromatic heterocycles. The van der Waals surface area contributed by atoms with Gasteiger partial charge in [-0.2, -0.15) is 0 Å². The summed E-state index contributed by atoms with van der Waals surface area (Å²) in [7, 11) is 2.16. The van der Waals surface area contributed by atoms with Crippen LogP contribution in [0.25, 0.3) is 0 Å². The van der Waals surface area contributed by atoms with Crippen molar-refractivity contribution in [3.63, 3.8) is 0 Å². The third-order valence-electron chi connectivity index (χ3n) is 6.27. The van der Waals surface area contributed by atoms with Crippen molar-refractivity contribution in [2.75, 3.05) is 39.8 Å². The van der Waals surface area contributed by atoms with Crippen LogP contribution in [0.4, 0.5) is 4.39 Å². The lowest BCUT2D eigenvalue weighted by molar-refractivity contribution is 0.127. The lowest BCUT2D eigenvalue weighted by Crippen LogP contribution is -2.40. The van der Waals surface area contributed by atoms with Gasteiger partial charge in [0, 0.05) is 19.3 Å². The number of likely N-dealkylation sites (tertiary alicyclic amines) is 1. The van der Waals surface area contributed by atoms with Crippen LogP contribution in [-0.4, -0.2) is 54.6 Å². The number of nitrogens with zero attached hydrogens (tertiary/aromatic N) is 3. The van der Waals surface area contributed by atoms with Crippen molar-refractivity contribution in [2.45, 2.75) is 18.9 Å². The van der Waals surface area contributed by atoms with E-state index in [0.29, 0.717) is 5.92 Å². The lowest BCUT2D eigenvalue weighted by atomic mass is 9.94. The highest BCUT2D eigenvalue weighted by Crippen LogP contribution is 2.29. The highest BCUT2D eigenvalue weighted by molar-refractivity contribution is 5.28. The second-order valence-electron chi connectivity index (χ2n) is 8.59. The van der Waals surface area contributed by atoms with E-state index in [1.807, 2.05) is 60.8 Å². The number of para-hydroxylation sites is 1. The van der Waals surface area contributed by atoms with Gasteiger partial charge in [0.2, 0.25) is 0 Å². The van der Waals surface area contributed by atoms with E-state index in [0.717, 1.165) is 49.8 Å². The summed E-state index contributed by atoms with van der Waals surface area (Å²) in [6, 6.07) is 22.9. The molecule has 1 aliphatic rings. The summed E-state index contributed by atoms with van der Waals surface area (Å²) in [6.45, 7) is 4.88. The number of hydrogen-bond donors (Lipinski definition) is 0. The number of ether oxygens (including phenoxy) is 1. The Morgan fingerprint density at radius 3 is 2.41 bits per heavy atom. The van der Waals surface area contributed by atoms with Gasteiger partial charge >= 0.3 is 0 Å². The van der Waals surface area contributed by atoms with Crippen molar-refractivity contribution in [1.29, 1.82) is 0 Å². The first-order valence-electron chi connectivity index (χ1n) is 11.5. The van der Waals surface area contributed by atoms with E-state index in [9.17, 15) is 4.39 Å². The summed E-state index contributed by atoms with van der Waals surface area (Å²) in [5, 5.41) is 0. The third kappa shape index (κ3) is 6.15. The summed E-state index contributed by atoms with van der Waals surface area (Å²) in [5.74, 6) is 1.36. The SMILES string of the molecule is CN(CC1CCN(CCOc2ccccc2)CC1)[C@@H](c1ccc(F)cc1)c1ccccn1. The van der Waals surface area contributed by atoms with E-state index in [1.54, 1.807) is 0 Å². The highest BCUT2D eigenvalue weighted by atomic mass is 19.1. The van der Waals surface area contributed by atoms with Gasteiger partial charge in [0.25, 0.3) is 0 Å². The summed E-state index contributed by atoms with van der Waals surface area (Å²) >= 11 is 0. The summed E-state index contributed by atoms with van der Waals surface area (Å²) in [5.41, 5.74) is 2.07.